The molecule has 3 N–H and O–H groups in total. The van der Waals surface area contributed by atoms with Crippen LogP contribution in [0.25, 0.3) is 10.9 Å². The number of anilines is 4. The van der Waals surface area contributed by atoms with Gasteiger partial charge in [-0.15, -0.1) is 0 Å². The summed E-state index contributed by atoms with van der Waals surface area (Å²) in [6.45, 7) is 4.05. The van der Waals surface area contributed by atoms with Crippen molar-refractivity contribution in [3.63, 3.8) is 0 Å². The van der Waals surface area contributed by atoms with Gasteiger partial charge in [-0.1, -0.05) is 17.7 Å². The van der Waals surface area contributed by atoms with E-state index in [4.69, 9.17) is 21.6 Å². The summed E-state index contributed by atoms with van der Waals surface area (Å²) in [5, 5.41) is 11.3. The van der Waals surface area contributed by atoms with Gasteiger partial charge in [0.15, 0.2) is 0 Å². The Hall–Kier alpha value is -2.64. The molecule has 0 aliphatic heterocycles. The maximum absolute atomic E-state index is 13.6. The number of nitrogens with one attached hydrogen (secondary N) is 3. The van der Waals surface area contributed by atoms with Crippen molar-refractivity contribution < 1.29 is 4.39 Å². The third kappa shape index (κ3) is 5.58. The van der Waals surface area contributed by atoms with E-state index in [2.05, 4.69) is 41.9 Å². The molecule has 6 nitrogen and oxygen atoms in total. The van der Waals surface area contributed by atoms with Crippen molar-refractivity contribution in [2.45, 2.75) is 32.2 Å². The smallest absolute Gasteiger partial charge is 0.229 e. The zero-order chi connectivity index (χ0) is 22.7. The van der Waals surface area contributed by atoms with Crippen molar-refractivity contribution in [3.05, 3.63) is 47.2 Å². The largest absolute Gasteiger partial charge is 0.383 e. The lowest BCUT2D eigenvalue weighted by Crippen LogP contribution is -2.19. The number of halogens is 2. The highest BCUT2D eigenvalue weighted by Crippen LogP contribution is 2.36. The van der Waals surface area contributed by atoms with Gasteiger partial charge in [0.1, 0.15) is 17.2 Å². The molecular weight excluding hydrogens is 427 g/mol. The minimum Gasteiger partial charge on any atom is -0.383 e. The number of nitrogens with zero attached hydrogens (tertiary/aromatic N) is 3. The van der Waals surface area contributed by atoms with E-state index >= 15 is 0 Å². The summed E-state index contributed by atoms with van der Waals surface area (Å²) in [5.74, 6) is 1.46. The van der Waals surface area contributed by atoms with Gasteiger partial charge in [-0.2, -0.15) is 4.98 Å². The molecule has 1 aliphatic carbocycles. The monoisotopic (exact) mass is 456 g/mol. The highest BCUT2D eigenvalue weighted by molar-refractivity contribution is 6.31. The van der Waals surface area contributed by atoms with Crippen LogP contribution in [0.2, 0.25) is 5.02 Å². The number of aromatic nitrogens is 2. The van der Waals surface area contributed by atoms with Crippen LogP contribution in [0, 0.1) is 11.7 Å². The minimum atomic E-state index is -0.457. The summed E-state index contributed by atoms with van der Waals surface area (Å²) in [6, 6.07) is 10.9. The summed E-state index contributed by atoms with van der Waals surface area (Å²) in [4.78, 5) is 11.7. The zero-order valence-electron chi connectivity index (χ0n) is 18.8. The van der Waals surface area contributed by atoms with Crippen molar-refractivity contribution in [2.75, 3.05) is 43.1 Å². The van der Waals surface area contributed by atoms with Crippen molar-refractivity contribution in [2.24, 2.45) is 5.92 Å². The highest BCUT2D eigenvalue weighted by Gasteiger charge is 2.28. The number of fused-ring (bicyclic) bond motifs is 1. The fourth-order valence-corrected chi connectivity index (χ4v) is 3.89. The molecule has 0 bridgehead atoms. The second kappa shape index (κ2) is 9.88. The van der Waals surface area contributed by atoms with Crippen LogP contribution in [0.15, 0.2) is 36.4 Å². The Bertz CT molecular complexity index is 1090. The lowest BCUT2D eigenvalue weighted by atomic mass is 10.1. The molecule has 1 fully saturated rings. The van der Waals surface area contributed by atoms with Gasteiger partial charge in [0.2, 0.25) is 5.95 Å². The second-order valence-corrected chi connectivity index (χ2v) is 9.11. The maximum atomic E-state index is 13.6. The summed E-state index contributed by atoms with van der Waals surface area (Å²) in [7, 11) is 4.15. The van der Waals surface area contributed by atoms with Crippen LogP contribution in [-0.4, -0.2) is 48.1 Å². The lowest BCUT2D eigenvalue weighted by Gasteiger charge is -2.18. The molecule has 0 radical (unpaired) electrons. The molecule has 1 aromatic heterocycles. The molecule has 4 rings (SSSR count). The van der Waals surface area contributed by atoms with Gasteiger partial charge in [0.25, 0.3) is 0 Å². The van der Waals surface area contributed by atoms with Crippen LogP contribution in [0.4, 0.5) is 27.5 Å². The molecule has 32 heavy (non-hydrogen) atoms. The van der Waals surface area contributed by atoms with Crippen LogP contribution in [-0.2, 0) is 0 Å². The number of hydrogen-bond donors (Lipinski definition) is 3. The van der Waals surface area contributed by atoms with Gasteiger partial charge >= 0.3 is 0 Å². The van der Waals surface area contributed by atoms with Crippen LogP contribution < -0.4 is 16.0 Å². The Morgan fingerprint density at radius 3 is 2.72 bits per heavy atom. The topological polar surface area (TPSA) is 65.1 Å². The molecule has 1 heterocycles. The fourth-order valence-electron chi connectivity index (χ4n) is 3.71. The third-order valence-corrected chi connectivity index (χ3v) is 5.98. The quantitative estimate of drug-likeness (QED) is 0.338. The molecule has 170 valence electrons. The molecule has 2 aromatic carbocycles. The Kier molecular flexibility index (Phi) is 6.96. The predicted octanol–water partition coefficient (Wildman–Crippen LogP) is 5.74. The van der Waals surface area contributed by atoms with E-state index in [1.807, 2.05) is 18.2 Å². The maximum Gasteiger partial charge on any atom is 0.229 e. The molecule has 0 unspecified atom stereocenters. The molecule has 0 saturated heterocycles. The first-order valence-electron chi connectivity index (χ1n) is 11.1. The average Bonchev–Trinajstić information content (AvgIpc) is 3.59. The van der Waals surface area contributed by atoms with Crippen molar-refractivity contribution in [3.8, 4) is 0 Å². The van der Waals surface area contributed by atoms with E-state index in [0.29, 0.717) is 23.6 Å². The van der Waals surface area contributed by atoms with Crippen LogP contribution in [0.1, 0.15) is 26.2 Å². The van der Waals surface area contributed by atoms with Gasteiger partial charge in [-0.3, -0.25) is 0 Å². The highest BCUT2D eigenvalue weighted by atomic mass is 35.5. The summed E-state index contributed by atoms with van der Waals surface area (Å²) in [6.07, 6.45) is 3.52. The first-order valence-corrected chi connectivity index (χ1v) is 11.5. The van der Waals surface area contributed by atoms with E-state index in [0.717, 1.165) is 41.9 Å². The van der Waals surface area contributed by atoms with Crippen LogP contribution in [0.5, 0.6) is 0 Å². The fraction of sp³-hybridized carbons (Fsp3) is 0.417. The predicted molar refractivity (Wildman–Crippen MR) is 132 cm³/mol. The van der Waals surface area contributed by atoms with Crippen molar-refractivity contribution in [1.82, 2.24) is 14.9 Å². The van der Waals surface area contributed by atoms with Gasteiger partial charge in [0, 0.05) is 23.7 Å². The molecule has 1 saturated carbocycles. The summed E-state index contributed by atoms with van der Waals surface area (Å²) < 4.78 is 13.6. The van der Waals surface area contributed by atoms with Gasteiger partial charge < -0.3 is 20.9 Å². The standard InChI is InChI=1S/C24H30ClFN6/c1-15(16-8-9-16)28-23-18-6-4-7-21(27-12-5-13-32(2)3)22(18)30-24(31-23)29-17-10-11-20(26)19(25)14-17/h4,6-7,10-11,14-16,27H,5,8-9,12-13H2,1-3H3,(H2,28,29,30,31)/t15-/m1/s1. The van der Waals surface area contributed by atoms with Gasteiger partial charge in [0.05, 0.1) is 10.7 Å². The Balaban J connectivity index is 1.66. The van der Waals surface area contributed by atoms with Gasteiger partial charge in [-0.05, 0) is 83.1 Å². The van der Waals surface area contributed by atoms with Crippen LogP contribution >= 0.6 is 11.6 Å². The number of rotatable bonds is 10. The van der Waals surface area contributed by atoms with E-state index in [-0.39, 0.29) is 5.02 Å². The first-order chi connectivity index (χ1) is 15.4. The van der Waals surface area contributed by atoms with E-state index in [1.165, 1.54) is 25.0 Å². The van der Waals surface area contributed by atoms with Gasteiger partial charge in [-0.25, -0.2) is 9.37 Å². The molecule has 3 aromatic rings. The van der Waals surface area contributed by atoms with E-state index in [1.54, 1.807) is 6.07 Å². The third-order valence-electron chi connectivity index (χ3n) is 5.69. The Labute approximate surface area is 193 Å². The zero-order valence-corrected chi connectivity index (χ0v) is 19.5. The normalized spacial score (nSPS) is 14.6. The Morgan fingerprint density at radius 2 is 2.00 bits per heavy atom. The molecule has 1 atom stereocenters. The summed E-state index contributed by atoms with van der Waals surface area (Å²) >= 11 is 5.95. The molecule has 0 amide bonds. The van der Waals surface area contributed by atoms with E-state index < -0.39 is 5.82 Å². The number of benzene rings is 2. The van der Waals surface area contributed by atoms with Crippen molar-refractivity contribution >= 4 is 45.6 Å². The minimum absolute atomic E-state index is 0.0553. The Morgan fingerprint density at radius 1 is 1.19 bits per heavy atom. The SMILES string of the molecule is C[C@@H](Nc1nc(Nc2ccc(F)c(Cl)c2)nc2c(NCCCN(C)C)cccc12)C1CC1. The molecule has 0 spiro atoms. The lowest BCUT2D eigenvalue weighted by molar-refractivity contribution is 0.405. The van der Waals surface area contributed by atoms with E-state index in [9.17, 15) is 4.39 Å². The molecule has 1 aliphatic rings. The van der Waals surface area contributed by atoms with Crippen LogP contribution in [0.3, 0.4) is 0 Å². The average molecular weight is 457 g/mol. The molecule has 8 heteroatoms. The van der Waals surface area contributed by atoms with Crippen molar-refractivity contribution in [1.29, 1.82) is 0 Å². The summed E-state index contributed by atoms with van der Waals surface area (Å²) in [5.41, 5.74) is 2.44. The first kappa shape index (κ1) is 22.6. The second-order valence-electron chi connectivity index (χ2n) is 8.71. The molecular formula is C24H30ClFN6. The number of hydrogen-bond acceptors (Lipinski definition) is 6. The number of para-hydroxylation sites is 1.